The normalized spacial score (nSPS) is 18.0. The number of esters is 1. The van der Waals surface area contributed by atoms with Gasteiger partial charge in [0, 0.05) is 28.1 Å². The highest BCUT2D eigenvalue weighted by Crippen LogP contribution is 2.42. The monoisotopic (exact) mass is 648 g/mol. The third kappa shape index (κ3) is 10.8. The first kappa shape index (κ1) is 35.9. The van der Waals surface area contributed by atoms with Crippen LogP contribution in [0.5, 0.6) is 0 Å². The van der Waals surface area contributed by atoms with Crippen LogP contribution in [-0.4, -0.2) is 30.7 Å². The first-order valence-corrected chi connectivity index (χ1v) is 18.3. The van der Waals surface area contributed by atoms with Gasteiger partial charge in [0.2, 0.25) is 5.78 Å². The molecule has 0 amide bonds. The summed E-state index contributed by atoms with van der Waals surface area (Å²) >= 11 is 6.10. The maximum absolute atomic E-state index is 13.7. The average Bonchev–Trinajstić information content (AvgIpc) is 3.07. The second kappa shape index (κ2) is 19.7. The quantitative estimate of drug-likeness (QED) is 0.105. The minimum Gasteiger partial charge on any atom is -0.489 e. The van der Waals surface area contributed by atoms with Crippen molar-refractivity contribution >= 4 is 29.1 Å². The van der Waals surface area contributed by atoms with E-state index in [1.54, 1.807) is 12.1 Å². The van der Waals surface area contributed by atoms with Gasteiger partial charge in [0.25, 0.3) is 0 Å². The van der Waals surface area contributed by atoms with Gasteiger partial charge in [-0.2, -0.15) is 0 Å². The number of ketones is 2. The molecule has 5 nitrogen and oxygen atoms in total. The number of carbonyl (C=O) groups excluding carboxylic acids is 3. The second-order valence-electron chi connectivity index (χ2n) is 13.0. The van der Waals surface area contributed by atoms with Crippen molar-refractivity contribution in [3.8, 4) is 0 Å². The van der Waals surface area contributed by atoms with Crippen molar-refractivity contribution in [2.75, 3.05) is 13.2 Å². The number of hydrogen-bond donors (Lipinski definition) is 0. The lowest BCUT2D eigenvalue weighted by atomic mass is 9.72. The molecule has 0 unspecified atom stereocenters. The molecule has 2 aromatic rings. The average molecular weight is 649 g/mol. The SMILES string of the molecule is CCOC(=O)CCCCCCCCCCCCCCCOC1=C(C2CCC(c3ccc(Cl)cc3)CC2)C(=O)c2ccccc2C1=O. The highest BCUT2D eigenvalue weighted by molar-refractivity contribution is 6.30. The minimum atomic E-state index is -0.137. The van der Waals surface area contributed by atoms with Crippen LogP contribution in [0, 0.1) is 5.92 Å². The largest absolute Gasteiger partial charge is 0.489 e. The van der Waals surface area contributed by atoms with Crippen LogP contribution in [0.3, 0.4) is 0 Å². The van der Waals surface area contributed by atoms with E-state index in [4.69, 9.17) is 21.1 Å². The van der Waals surface area contributed by atoms with Gasteiger partial charge in [0.05, 0.1) is 13.2 Å². The molecule has 1 fully saturated rings. The molecule has 0 radical (unpaired) electrons. The summed E-state index contributed by atoms with van der Waals surface area (Å²) in [6.07, 6.45) is 19.5. The Morgan fingerprint density at radius 2 is 1.17 bits per heavy atom. The van der Waals surface area contributed by atoms with Gasteiger partial charge >= 0.3 is 5.97 Å². The van der Waals surface area contributed by atoms with Gasteiger partial charge < -0.3 is 9.47 Å². The molecular formula is C40H53ClO5. The van der Waals surface area contributed by atoms with Crippen LogP contribution in [0.4, 0.5) is 0 Å². The van der Waals surface area contributed by atoms with Crippen molar-refractivity contribution < 1.29 is 23.9 Å². The molecular weight excluding hydrogens is 596 g/mol. The molecule has 250 valence electrons. The molecule has 4 rings (SSSR count). The maximum atomic E-state index is 13.7. The van der Waals surface area contributed by atoms with E-state index in [1.165, 1.54) is 63.4 Å². The van der Waals surface area contributed by atoms with Crippen molar-refractivity contribution in [3.63, 3.8) is 0 Å². The fourth-order valence-electron chi connectivity index (χ4n) is 7.06. The van der Waals surface area contributed by atoms with Crippen LogP contribution in [0.2, 0.25) is 5.02 Å². The molecule has 2 aliphatic carbocycles. The van der Waals surface area contributed by atoms with Crippen molar-refractivity contribution in [2.24, 2.45) is 5.92 Å². The Hall–Kier alpha value is -2.92. The number of allylic oxidation sites excluding steroid dienone is 2. The molecule has 46 heavy (non-hydrogen) atoms. The summed E-state index contributed by atoms with van der Waals surface area (Å²) in [4.78, 5) is 38.7. The number of rotatable bonds is 20. The zero-order valence-electron chi connectivity index (χ0n) is 27.8. The zero-order valence-corrected chi connectivity index (χ0v) is 28.6. The Labute approximate surface area is 281 Å². The van der Waals surface area contributed by atoms with Crippen LogP contribution >= 0.6 is 11.6 Å². The zero-order chi connectivity index (χ0) is 32.6. The van der Waals surface area contributed by atoms with E-state index in [1.807, 2.05) is 31.2 Å². The van der Waals surface area contributed by atoms with Gasteiger partial charge in [-0.3, -0.25) is 14.4 Å². The Morgan fingerprint density at radius 3 is 1.74 bits per heavy atom. The molecule has 0 bridgehead atoms. The highest BCUT2D eigenvalue weighted by Gasteiger charge is 2.38. The Bertz CT molecular complexity index is 1290. The van der Waals surface area contributed by atoms with Crippen LogP contribution in [0.15, 0.2) is 59.9 Å². The summed E-state index contributed by atoms with van der Waals surface area (Å²) < 4.78 is 11.2. The van der Waals surface area contributed by atoms with Crippen LogP contribution < -0.4 is 0 Å². The smallest absolute Gasteiger partial charge is 0.305 e. The first-order valence-electron chi connectivity index (χ1n) is 18.0. The summed E-state index contributed by atoms with van der Waals surface area (Å²) in [7, 11) is 0. The molecule has 0 aromatic heterocycles. The predicted octanol–water partition coefficient (Wildman–Crippen LogP) is 11.0. The Balaban J connectivity index is 1.14. The van der Waals surface area contributed by atoms with Crippen molar-refractivity contribution in [3.05, 3.63) is 81.6 Å². The van der Waals surface area contributed by atoms with Gasteiger partial charge in [-0.25, -0.2) is 0 Å². The molecule has 2 aliphatic rings. The second-order valence-corrected chi connectivity index (χ2v) is 13.5. The van der Waals surface area contributed by atoms with E-state index < -0.39 is 0 Å². The van der Waals surface area contributed by atoms with Gasteiger partial charge in [-0.1, -0.05) is 119 Å². The van der Waals surface area contributed by atoms with Gasteiger partial charge in [0.1, 0.15) is 0 Å². The van der Waals surface area contributed by atoms with E-state index in [9.17, 15) is 14.4 Å². The number of Topliss-reactive ketones (excluding diaryl/α,β-unsaturated/α-hetero) is 2. The van der Waals surface area contributed by atoms with E-state index in [-0.39, 0.29) is 23.5 Å². The minimum absolute atomic E-state index is 0.0332. The lowest BCUT2D eigenvalue weighted by molar-refractivity contribution is -0.143. The summed E-state index contributed by atoms with van der Waals surface area (Å²) in [5.41, 5.74) is 2.88. The molecule has 0 N–H and O–H groups in total. The van der Waals surface area contributed by atoms with Crippen LogP contribution in [0.25, 0.3) is 0 Å². The third-order valence-corrected chi connectivity index (χ3v) is 9.92. The van der Waals surface area contributed by atoms with Crippen LogP contribution in [-0.2, 0) is 14.3 Å². The van der Waals surface area contributed by atoms with E-state index in [2.05, 4.69) is 12.1 Å². The molecule has 0 heterocycles. The number of ether oxygens (including phenoxy) is 2. The summed E-state index contributed by atoms with van der Waals surface area (Å²) in [6, 6.07) is 15.3. The lowest BCUT2D eigenvalue weighted by Gasteiger charge is -2.32. The lowest BCUT2D eigenvalue weighted by Crippen LogP contribution is -2.29. The summed E-state index contributed by atoms with van der Waals surface area (Å²) in [5, 5.41) is 0.744. The number of benzene rings is 2. The van der Waals surface area contributed by atoms with Gasteiger partial charge in [0.15, 0.2) is 11.5 Å². The fourth-order valence-corrected chi connectivity index (χ4v) is 7.19. The van der Waals surface area contributed by atoms with Gasteiger partial charge in [-0.05, 0) is 75.0 Å². The number of unbranched alkanes of at least 4 members (excludes halogenated alkanes) is 12. The summed E-state index contributed by atoms with van der Waals surface area (Å²) in [6.45, 7) is 2.80. The third-order valence-electron chi connectivity index (χ3n) is 9.67. The molecule has 6 heteroatoms. The molecule has 1 saturated carbocycles. The summed E-state index contributed by atoms with van der Waals surface area (Å²) in [5.74, 6) is 0.552. The van der Waals surface area contributed by atoms with E-state index in [0.717, 1.165) is 56.4 Å². The maximum Gasteiger partial charge on any atom is 0.305 e. The number of hydrogen-bond acceptors (Lipinski definition) is 5. The topological polar surface area (TPSA) is 69.7 Å². The number of fused-ring (bicyclic) bond motifs is 1. The van der Waals surface area contributed by atoms with Crippen molar-refractivity contribution in [2.45, 2.75) is 128 Å². The highest BCUT2D eigenvalue weighted by atomic mass is 35.5. The fraction of sp³-hybridized carbons (Fsp3) is 0.575. The predicted molar refractivity (Wildman–Crippen MR) is 186 cm³/mol. The molecule has 0 aliphatic heterocycles. The molecule has 2 aromatic carbocycles. The number of halogens is 1. The number of carbonyl (C=O) groups is 3. The van der Waals surface area contributed by atoms with E-state index in [0.29, 0.717) is 48.0 Å². The molecule has 0 spiro atoms. The van der Waals surface area contributed by atoms with Crippen molar-refractivity contribution in [1.82, 2.24) is 0 Å². The van der Waals surface area contributed by atoms with Gasteiger partial charge in [-0.15, -0.1) is 0 Å². The van der Waals surface area contributed by atoms with Crippen molar-refractivity contribution in [1.29, 1.82) is 0 Å². The van der Waals surface area contributed by atoms with Crippen LogP contribution in [0.1, 0.15) is 155 Å². The van der Waals surface area contributed by atoms with E-state index >= 15 is 0 Å². The molecule has 0 atom stereocenters. The first-order chi connectivity index (χ1) is 22.5. The standard InChI is InChI=1S/C40H53ClO5/c1-2-45-36(42)20-14-12-10-8-6-4-3-5-7-9-11-13-17-29-46-40-37(38(43)34-18-15-16-19-35(34)39(40)44)32-23-21-30(22-24-32)31-25-27-33(41)28-26-31/h15-16,18-19,25-28,30,32H,2-14,17,20-24,29H2,1H3. The Morgan fingerprint density at radius 1 is 0.674 bits per heavy atom. The molecule has 0 saturated heterocycles. The Kier molecular flexibility index (Phi) is 15.4.